The molecule has 0 atom stereocenters. The number of rotatable bonds is 1. The number of aromatic carboxylic acids is 1. The van der Waals surface area contributed by atoms with Gasteiger partial charge in [0.15, 0.2) is 0 Å². The first-order chi connectivity index (χ1) is 6.72. The van der Waals surface area contributed by atoms with E-state index < -0.39 is 5.97 Å². The molecule has 0 amide bonds. The number of aromatic nitrogens is 2. The van der Waals surface area contributed by atoms with Crippen LogP contribution in [0.25, 0.3) is 10.9 Å². The average molecular weight is 186 g/mol. The lowest BCUT2D eigenvalue weighted by Crippen LogP contribution is -2.22. The lowest BCUT2D eigenvalue weighted by atomic mass is 10.1. The summed E-state index contributed by atoms with van der Waals surface area (Å²) in [6, 6.07) is 6.57. The van der Waals surface area contributed by atoms with E-state index in [1.165, 1.54) is 6.07 Å². The van der Waals surface area contributed by atoms with E-state index in [0.717, 1.165) is 0 Å². The Morgan fingerprint density at radius 2 is 2.36 bits per heavy atom. The maximum atomic E-state index is 10.6. The Bertz CT molecular complexity index is 551. The molecule has 1 aromatic carbocycles. The van der Waals surface area contributed by atoms with Crippen molar-refractivity contribution in [2.45, 2.75) is 0 Å². The Hall–Kier alpha value is -2.35. The van der Waals surface area contributed by atoms with Gasteiger partial charge in [0.2, 0.25) is 0 Å². The topological polar surface area (TPSA) is 92.6 Å². The normalized spacial score (nSPS) is 9.93. The van der Waals surface area contributed by atoms with Crippen molar-refractivity contribution in [3.63, 3.8) is 0 Å². The van der Waals surface area contributed by atoms with Crippen LogP contribution in [0.1, 0.15) is 16.1 Å². The second-order valence-corrected chi connectivity index (χ2v) is 2.73. The van der Waals surface area contributed by atoms with Crippen LogP contribution in [0.2, 0.25) is 0 Å². The molecule has 0 aliphatic carbocycles. The first-order valence-electron chi connectivity index (χ1n) is 3.82. The third-order valence-electron chi connectivity index (χ3n) is 1.89. The molecule has 1 aromatic heterocycles. The van der Waals surface area contributed by atoms with Crippen LogP contribution in [0.5, 0.6) is 0 Å². The van der Waals surface area contributed by atoms with E-state index in [2.05, 4.69) is 10.2 Å². The van der Waals surface area contributed by atoms with Gasteiger partial charge in [-0.3, -0.25) is 5.10 Å². The summed E-state index contributed by atoms with van der Waals surface area (Å²) >= 11 is 0. The Morgan fingerprint density at radius 3 is 3.00 bits per heavy atom. The first-order valence-corrected chi connectivity index (χ1v) is 3.82. The number of carbonyl (C=O) groups excluding carboxylic acids is 1. The minimum absolute atomic E-state index is 0.169. The van der Waals surface area contributed by atoms with Crippen LogP contribution in [0.3, 0.4) is 0 Å². The van der Waals surface area contributed by atoms with Crippen LogP contribution >= 0.6 is 0 Å². The van der Waals surface area contributed by atoms with E-state index in [9.17, 15) is 9.90 Å². The minimum Gasteiger partial charge on any atom is -0.543 e. The monoisotopic (exact) mass is 186 g/mol. The third-order valence-corrected chi connectivity index (χ3v) is 1.89. The van der Waals surface area contributed by atoms with Crippen molar-refractivity contribution in [2.24, 2.45) is 0 Å². The highest BCUT2D eigenvalue weighted by Crippen LogP contribution is 2.16. The van der Waals surface area contributed by atoms with Crippen molar-refractivity contribution in [2.75, 3.05) is 0 Å². The van der Waals surface area contributed by atoms with E-state index in [0.29, 0.717) is 16.5 Å². The highest BCUT2D eigenvalue weighted by Gasteiger charge is 2.06. The SMILES string of the molecule is N#Cc1ccc2[nH]nc(C(=O)[O-])c2c1. The van der Waals surface area contributed by atoms with E-state index in [4.69, 9.17) is 5.26 Å². The highest BCUT2D eigenvalue weighted by molar-refractivity contribution is 6.00. The molecular weight excluding hydrogens is 182 g/mol. The van der Waals surface area contributed by atoms with Gasteiger partial charge < -0.3 is 9.90 Å². The zero-order valence-electron chi connectivity index (χ0n) is 6.94. The summed E-state index contributed by atoms with van der Waals surface area (Å²) in [7, 11) is 0. The predicted octanol–water partition coefficient (Wildman–Crippen LogP) is -0.202. The molecule has 0 unspecified atom stereocenters. The summed E-state index contributed by atoms with van der Waals surface area (Å²) in [5, 5.41) is 25.7. The van der Waals surface area contributed by atoms with Crippen molar-refractivity contribution in [3.8, 4) is 6.07 Å². The molecule has 0 aliphatic heterocycles. The number of hydrogen-bond donors (Lipinski definition) is 1. The predicted molar refractivity (Wildman–Crippen MR) is 45.1 cm³/mol. The summed E-state index contributed by atoms with van der Waals surface area (Å²) in [4.78, 5) is 10.6. The van der Waals surface area contributed by atoms with Gasteiger partial charge in [0.1, 0.15) is 5.69 Å². The van der Waals surface area contributed by atoms with Crippen LogP contribution in [0.4, 0.5) is 0 Å². The van der Waals surface area contributed by atoms with Crippen LogP contribution in [-0.4, -0.2) is 16.2 Å². The summed E-state index contributed by atoms with van der Waals surface area (Å²) < 4.78 is 0. The molecule has 2 aromatic rings. The van der Waals surface area contributed by atoms with Gasteiger partial charge in [-0.05, 0) is 18.2 Å². The number of nitriles is 1. The van der Waals surface area contributed by atoms with Gasteiger partial charge in [0.25, 0.3) is 0 Å². The number of fused-ring (bicyclic) bond motifs is 1. The number of benzene rings is 1. The van der Waals surface area contributed by atoms with Crippen LogP contribution < -0.4 is 5.11 Å². The summed E-state index contributed by atoms with van der Waals surface area (Å²) in [6.07, 6.45) is 0. The van der Waals surface area contributed by atoms with Gasteiger partial charge in [-0.25, -0.2) is 0 Å². The molecule has 68 valence electrons. The lowest BCUT2D eigenvalue weighted by Gasteiger charge is -1.96. The lowest BCUT2D eigenvalue weighted by molar-refractivity contribution is -0.255. The van der Waals surface area contributed by atoms with Gasteiger partial charge >= 0.3 is 0 Å². The zero-order chi connectivity index (χ0) is 10.1. The molecule has 1 heterocycles. The number of carboxylic acids is 1. The maximum Gasteiger partial charge on any atom is 0.115 e. The second kappa shape index (κ2) is 2.85. The zero-order valence-corrected chi connectivity index (χ0v) is 6.94. The fraction of sp³-hybridized carbons (Fsp3) is 0. The van der Waals surface area contributed by atoms with Crippen molar-refractivity contribution < 1.29 is 9.90 Å². The summed E-state index contributed by atoms with van der Waals surface area (Å²) in [5.74, 6) is -1.36. The molecule has 0 saturated heterocycles. The Kier molecular flexibility index (Phi) is 1.68. The molecule has 0 spiro atoms. The number of carboxylic acid groups (broad SMARTS) is 1. The molecule has 0 radical (unpaired) electrons. The Morgan fingerprint density at radius 1 is 1.57 bits per heavy atom. The van der Waals surface area contributed by atoms with Gasteiger partial charge in [0.05, 0.1) is 23.1 Å². The molecule has 0 bridgehead atoms. The van der Waals surface area contributed by atoms with Crippen molar-refractivity contribution in [1.82, 2.24) is 10.2 Å². The number of nitrogens with zero attached hydrogens (tertiary/aromatic N) is 2. The number of hydrogen-bond acceptors (Lipinski definition) is 4. The van der Waals surface area contributed by atoms with E-state index in [-0.39, 0.29) is 5.69 Å². The van der Waals surface area contributed by atoms with Gasteiger partial charge in [-0.15, -0.1) is 0 Å². The van der Waals surface area contributed by atoms with Crippen molar-refractivity contribution in [1.29, 1.82) is 5.26 Å². The quantitative estimate of drug-likeness (QED) is 0.667. The smallest absolute Gasteiger partial charge is 0.115 e. The fourth-order valence-electron chi connectivity index (χ4n) is 1.24. The molecule has 0 aliphatic rings. The van der Waals surface area contributed by atoms with Crippen LogP contribution in [-0.2, 0) is 0 Å². The number of H-pyrrole nitrogens is 1. The maximum absolute atomic E-state index is 10.6. The number of nitrogens with one attached hydrogen (secondary N) is 1. The average Bonchev–Trinajstić information content (AvgIpc) is 2.59. The molecule has 1 N–H and O–H groups in total. The van der Waals surface area contributed by atoms with Crippen molar-refractivity contribution >= 4 is 16.9 Å². The fourth-order valence-corrected chi connectivity index (χ4v) is 1.24. The van der Waals surface area contributed by atoms with E-state index >= 15 is 0 Å². The van der Waals surface area contributed by atoms with Gasteiger partial charge in [-0.1, -0.05) is 0 Å². The molecule has 5 nitrogen and oxygen atoms in total. The summed E-state index contributed by atoms with van der Waals surface area (Å²) in [6.45, 7) is 0. The number of aromatic amines is 1. The Balaban J connectivity index is 2.77. The Labute approximate surface area is 78.6 Å². The van der Waals surface area contributed by atoms with Crippen molar-refractivity contribution in [3.05, 3.63) is 29.5 Å². The molecule has 0 saturated carbocycles. The minimum atomic E-state index is -1.36. The van der Waals surface area contributed by atoms with E-state index in [1.54, 1.807) is 12.1 Å². The van der Waals surface area contributed by atoms with Crippen LogP contribution in [0, 0.1) is 11.3 Å². The third kappa shape index (κ3) is 1.10. The molecule has 0 fully saturated rings. The van der Waals surface area contributed by atoms with Crippen LogP contribution in [0.15, 0.2) is 18.2 Å². The van der Waals surface area contributed by atoms with Gasteiger partial charge in [-0.2, -0.15) is 10.4 Å². The molecule has 5 heteroatoms. The largest absolute Gasteiger partial charge is 0.543 e. The highest BCUT2D eigenvalue weighted by atomic mass is 16.4. The first kappa shape index (κ1) is 8.26. The molecule has 14 heavy (non-hydrogen) atoms. The number of carbonyl (C=O) groups is 1. The van der Waals surface area contributed by atoms with Gasteiger partial charge in [0, 0.05) is 5.39 Å². The summed E-state index contributed by atoms with van der Waals surface area (Å²) in [5.41, 5.74) is 0.793. The second-order valence-electron chi connectivity index (χ2n) is 2.73. The van der Waals surface area contributed by atoms with E-state index in [1.807, 2.05) is 6.07 Å². The molecular formula is C9H4N3O2-. The molecule has 2 rings (SSSR count). The standard InChI is InChI=1S/C9H5N3O2/c10-4-5-1-2-7-6(3-5)8(9(13)14)12-11-7/h1-3H,(H,11,12)(H,13,14)/p-1.